The fraction of sp³-hybridized carbons (Fsp3) is 0.750. The third kappa shape index (κ3) is 3.63. The van der Waals surface area contributed by atoms with Gasteiger partial charge in [-0.15, -0.1) is 0 Å². The quantitative estimate of drug-likeness (QED) is 0.460. The van der Waals surface area contributed by atoms with Crippen LogP contribution in [-0.4, -0.2) is 12.4 Å². The SMILES string of the molecule is CC(C)=NCN. The van der Waals surface area contributed by atoms with Gasteiger partial charge < -0.3 is 5.73 Å². The molecule has 0 unspecified atom stereocenters. The summed E-state index contributed by atoms with van der Waals surface area (Å²) in [5.41, 5.74) is 6.08. The minimum absolute atomic E-state index is 0.419. The molecular formula is C4H10N2. The maximum Gasteiger partial charge on any atom is 0.0858 e. The number of hydrogen-bond donors (Lipinski definition) is 1. The van der Waals surface area contributed by atoms with Crippen molar-refractivity contribution in [2.45, 2.75) is 13.8 Å². The van der Waals surface area contributed by atoms with Crippen molar-refractivity contribution in [2.24, 2.45) is 10.7 Å². The smallest absolute Gasteiger partial charge is 0.0858 e. The lowest BCUT2D eigenvalue weighted by Crippen LogP contribution is -1.96. The summed E-state index contributed by atoms with van der Waals surface area (Å²) in [7, 11) is 0. The van der Waals surface area contributed by atoms with Crippen LogP contribution in [0.1, 0.15) is 13.8 Å². The van der Waals surface area contributed by atoms with E-state index in [-0.39, 0.29) is 0 Å². The zero-order valence-electron chi connectivity index (χ0n) is 4.23. The molecule has 0 spiro atoms. The Balaban J connectivity index is 3.14. The molecule has 36 valence electrons. The maximum absolute atomic E-state index is 5.04. The molecular weight excluding hydrogens is 76.1 g/mol. The normalized spacial score (nSPS) is 7.83. The van der Waals surface area contributed by atoms with E-state index < -0.39 is 0 Å². The van der Waals surface area contributed by atoms with E-state index in [0.717, 1.165) is 5.71 Å². The molecule has 0 bridgehead atoms. The van der Waals surface area contributed by atoms with Gasteiger partial charge in [-0.25, -0.2) is 0 Å². The molecule has 0 saturated heterocycles. The number of nitrogens with zero attached hydrogens (tertiary/aromatic N) is 1. The van der Waals surface area contributed by atoms with Crippen LogP contribution in [-0.2, 0) is 0 Å². The van der Waals surface area contributed by atoms with Crippen molar-refractivity contribution in [3.63, 3.8) is 0 Å². The summed E-state index contributed by atoms with van der Waals surface area (Å²) in [6.07, 6.45) is 0. The van der Waals surface area contributed by atoms with Gasteiger partial charge in [0, 0.05) is 5.71 Å². The van der Waals surface area contributed by atoms with Crippen molar-refractivity contribution in [3.8, 4) is 0 Å². The first-order valence-electron chi connectivity index (χ1n) is 1.95. The van der Waals surface area contributed by atoms with Crippen molar-refractivity contribution in [2.75, 3.05) is 6.67 Å². The highest BCUT2D eigenvalue weighted by Gasteiger charge is 1.67. The Kier molecular flexibility index (Phi) is 2.67. The first-order valence-corrected chi connectivity index (χ1v) is 1.95. The summed E-state index contributed by atoms with van der Waals surface area (Å²) in [4.78, 5) is 3.82. The minimum atomic E-state index is 0.419. The van der Waals surface area contributed by atoms with E-state index in [9.17, 15) is 0 Å². The third-order valence-electron chi connectivity index (χ3n) is 0.408. The summed E-state index contributed by atoms with van der Waals surface area (Å²) in [5, 5.41) is 0. The first kappa shape index (κ1) is 5.63. The third-order valence-corrected chi connectivity index (χ3v) is 0.408. The second-order valence-electron chi connectivity index (χ2n) is 1.29. The molecule has 0 rings (SSSR count). The molecule has 0 aromatic heterocycles. The molecule has 0 radical (unpaired) electrons. The van der Waals surface area contributed by atoms with Gasteiger partial charge in [0.25, 0.3) is 0 Å². The minimum Gasteiger partial charge on any atom is -0.312 e. The molecule has 0 saturated carbocycles. The van der Waals surface area contributed by atoms with Crippen LogP contribution in [0.4, 0.5) is 0 Å². The van der Waals surface area contributed by atoms with Crippen LogP contribution in [0.15, 0.2) is 4.99 Å². The van der Waals surface area contributed by atoms with Crippen molar-refractivity contribution < 1.29 is 0 Å². The van der Waals surface area contributed by atoms with Crippen molar-refractivity contribution in [3.05, 3.63) is 0 Å². The second-order valence-corrected chi connectivity index (χ2v) is 1.29. The largest absolute Gasteiger partial charge is 0.312 e. The molecule has 0 aliphatic heterocycles. The summed E-state index contributed by atoms with van der Waals surface area (Å²) in [5.74, 6) is 0. The second kappa shape index (κ2) is 2.85. The van der Waals surface area contributed by atoms with Crippen LogP contribution in [0, 0.1) is 0 Å². The summed E-state index contributed by atoms with van der Waals surface area (Å²) in [6.45, 7) is 4.27. The number of hydrogen-bond acceptors (Lipinski definition) is 2. The Hall–Kier alpha value is -0.370. The molecule has 0 amide bonds. The van der Waals surface area contributed by atoms with Crippen LogP contribution in [0.25, 0.3) is 0 Å². The lowest BCUT2D eigenvalue weighted by Gasteiger charge is -1.81. The molecule has 0 aliphatic rings. The summed E-state index contributed by atoms with van der Waals surface area (Å²) in [6, 6.07) is 0. The van der Waals surface area contributed by atoms with Crippen molar-refractivity contribution in [1.29, 1.82) is 0 Å². The van der Waals surface area contributed by atoms with Gasteiger partial charge >= 0.3 is 0 Å². The maximum atomic E-state index is 5.04. The van der Waals surface area contributed by atoms with Crippen molar-refractivity contribution in [1.82, 2.24) is 0 Å². The van der Waals surface area contributed by atoms with Crippen molar-refractivity contribution >= 4 is 5.71 Å². The molecule has 0 aliphatic carbocycles. The van der Waals surface area contributed by atoms with E-state index in [4.69, 9.17) is 5.73 Å². The Labute approximate surface area is 38.1 Å². The number of rotatable bonds is 1. The Morgan fingerprint density at radius 1 is 1.67 bits per heavy atom. The predicted molar refractivity (Wildman–Crippen MR) is 27.8 cm³/mol. The Morgan fingerprint density at radius 3 is 2.17 bits per heavy atom. The summed E-state index contributed by atoms with van der Waals surface area (Å²) < 4.78 is 0. The highest BCUT2D eigenvalue weighted by atomic mass is 14.8. The lowest BCUT2D eigenvalue weighted by atomic mass is 10.5. The van der Waals surface area contributed by atoms with Gasteiger partial charge in [-0.05, 0) is 13.8 Å². The van der Waals surface area contributed by atoms with Crippen LogP contribution in [0.3, 0.4) is 0 Å². The number of nitrogens with two attached hydrogens (primary N) is 1. The zero-order valence-corrected chi connectivity index (χ0v) is 4.23. The molecule has 0 aromatic rings. The van der Waals surface area contributed by atoms with Gasteiger partial charge in [0.15, 0.2) is 0 Å². The lowest BCUT2D eigenvalue weighted by molar-refractivity contribution is 1.06. The van der Waals surface area contributed by atoms with Gasteiger partial charge in [0.05, 0.1) is 6.67 Å². The topological polar surface area (TPSA) is 38.4 Å². The van der Waals surface area contributed by atoms with E-state index >= 15 is 0 Å². The van der Waals surface area contributed by atoms with Gasteiger partial charge in [0.1, 0.15) is 0 Å². The van der Waals surface area contributed by atoms with E-state index in [1.807, 2.05) is 13.8 Å². The number of aliphatic imine (C=N–C) groups is 1. The first-order chi connectivity index (χ1) is 2.77. The molecule has 0 fully saturated rings. The summed E-state index contributed by atoms with van der Waals surface area (Å²) >= 11 is 0. The zero-order chi connectivity index (χ0) is 4.99. The van der Waals surface area contributed by atoms with Crippen LogP contribution in [0.2, 0.25) is 0 Å². The van der Waals surface area contributed by atoms with Gasteiger partial charge in [-0.2, -0.15) is 0 Å². The standard InChI is InChI=1S/C4H10N2/c1-4(2)6-3-5/h3,5H2,1-2H3. The molecule has 0 heterocycles. The van der Waals surface area contributed by atoms with E-state index in [1.54, 1.807) is 0 Å². The van der Waals surface area contributed by atoms with Gasteiger partial charge in [0.2, 0.25) is 0 Å². The highest BCUT2D eigenvalue weighted by Crippen LogP contribution is 1.66. The molecule has 0 atom stereocenters. The highest BCUT2D eigenvalue weighted by molar-refractivity contribution is 5.78. The fourth-order valence-corrected chi connectivity index (χ4v) is 0.183. The van der Waals surface area contributed by atoms with E-state index in [2.05, 4.69) is 4.99 Å². The molecule has 2 nitrogen and oxygen atoms in total. The molecule has 2 N–H and O–H groups in total. The van der Waals surface area contributed by atoms with E-state index in [1.165, 1.54) is 0 Å². The van der Waals surface area contributed by atoms with Gasteiger partial charge in [-0.3, -0.25) is 4.99 Å². The van der Waals surface area contributed by atoms with Crippen LogP contribution < -0.4 is 5.73 Å². The monoisotopic (exact) mass is 86.1 g/mol. The predicted octanol–water partition coefficient (Wildman–Crippen LogP) is 0.383. The Bertz CT molecular complexity index is 52.6. The fourth-order valence-electron chi connectivity index (χ4n) is 0.183. The molecule has 6 heavy (non-hydrogen) atoms. The van der Waals surface area contributed by atoms with Crippen LogP contribution in [0.5, 0.6) is 0 Å². The average Bonchev–Trinajstić information content (AvgIpc) is 1.35. The molecule has 0 aromatic carbocycles. The van der Waals surface area contributed by atoms with Crippen LogP contribution >= 0.6 is 0 Å². The average molecular weight is 86.1 g/mol. The van der Waals surface area contributed by atoms with Gasteiger partial charge in [-0.1, -0.05) is 0 Å². The van der Waals surface area contributed by atoms with E-state index in [0.29, 0.717) is 6.67 Å². The molecule has 2 heteroatoms. The Morgan fingerprint density at radius 2 is 2.17 bits per heavy atom.